The maximum atomic E-state index is 15.2. The molecule has 26 heavy (non-hydrogen) atoms. The molecule has 2 aliphatic heterocycles. The van der Waals surface area contributed by atoms with Crippen LogP contribution in [0, 0.1) is 0 Å². The van der Waals surface area contributed by atoms with E-state index in [1.165, 1.54) is 18.3 Å². The predicted octanol–water partition coefficient (Wildman–Crippen LogP) is 5.41. The van der Waals surface area contributed by atoms with Crippen molar-refractivity contribution >= 4 is 34.7 Å². The van der Waals surface area contributed by atoms with Crippen molar-refractivity contribution in [2.24, 2.45) is 4.99 Å². The molecule has 1 aromatic rings. The largest absolute Gasteiger partial charge is 0.377 e. The normalized spacial score (nSPS) is 22.5. The van der Waals surface area contributed by atoms with Crippen molar-refractivity contribution < 1.29 is 18.7 Å². The second-order valence-corrected chi connectivity index (χ2v) is 7.54. The van der Waals surface area contributed by atoms with Gasteiger partial charge in [-0.05, 0) is 43.7 Å². The van der Waals surface area contributed by atoms with E-state index in [4.69, 9.17) is 27.9 Å². The van der Waals surface area contributed by atoms with Crippen LogP contribution in [0.2, 0.25) is 5.02 Å². The van der Waals surface area contributed by atoms with Crippen molar-refractivity contribution in [2.45, 2.75) is 38.2 Å². The minimum atomic E-state index is -3.26. The van der Waals surface area contributed by atoms with Crippen LogP contribution in [0.5, 0.6) is 0 Å². The van der Waals surface area contributed by atoms with E-state index in [0.717, 1.165) is 6.92 Å². The van der Waals surface area contributed by atoms with E-state index < -0.39 is 11.3 Å². The molecule has 0 aromatic heterocycles. The van der Waals surface area contributed by atoms with Gasteiger partial charge in [0.05, 0.1) is 29.6 Å². The van der Waals surface area contributed by atoms with Crippen LogP contribution in [0.25, 0.3) is 0 Å². The number of hydrogen-bond acceptors (Lipinski definition) is 4. The van der Waals surface area contributed by atoms with Crippen molar-refractivity contribution in [3.05, 3.63) is 51.7 Å². The molecule has 0 aliphatic carbocycles. The fraction of sp³-hybridized carbons (Fsp3) is 0.389. The summed E-state index contributed by atoms with van der Waals surface area (Å²) in [6.45, 7) is 4.01. The lowest BCUT2D eigenvalue weighted by Crippen LogP contribution is -2.54. The third kappa shape index (κ3) is 3.05. The topological polar surface area (TPSA) is 45.1 Å². The third-order valence-corrected chi connectivity index (χ3v) is 4.91. The molecular weight excluding hydrogens is 385 g/mol. The molecule has 0 saturated carbocycles. The van der Waals surface area contributed by atoms with Gasteiger partial charge >= 0.3 is 0 Å². The maximum Gasteiger partial charge on any atom is 0.261 e. The Hall–Kier alpha value is -1.47. The first-order chi connectivity index (χ1) is 12.1. The number of benzene rings is 1. The summed E-state index contributed by atoms with van der Waals surface area (Å²) in [4.78, 5) is 4.33. The van der Waals surface area contributed by atoms with Crippen molar-refractivity contribution in [3.63, 3.8) is 0 Å². The van der Waals surface area contributed by atoms with E-state index in [1.807, 2.05) is 0 Å². The minimum Gasteiger partial charge on any atom is -0.377 e. The molecular formula is C18H18Cl2F2N2O2. The molecule has 3 rings (SSSR count). The maximum absolute atomic E-state index is 15.2. The van der Waals surface area contributed by atoms with Crippen LogP contribution in [-0.2, 0) is 10.2 Å². The number of halogens is 4. The van der Waals surface area contributed by atoms with Gasteiger partial charge in [-0.15, -0.1) is 0 Å². The Labute approximate surface area is 160 Å². The SMILES string of the molecule is CC(C)OC[C@]1(C(C)(F)F)C2=CC(Cl)=CN(O)C2=Nc2ccc(Cl)cc21. The van der Waals surface area contributed by atoms with Crippen molar-refractivity contribution in [1.82, 2.24) is 5.06 Å². The van der Waals surface area contributed by atoms with Gasteiger partial charge < -0.3 is 4.74 Å². The summed E-state index contributed by atoms with van der Waals surface area (Å²) in [7, 11) is 0. The van der Waals surface area contributed by atoms with Gasteiger partial charge in [-0.2, -0.15) is 0 Å². The molecule has 4 nitrogen and oxygen atoms in total. The number of amidine groups is 1. The van der Waals surface area contributed by atoms with E-state index in [0.29, 0.717) is 15.8 Å². The summed E-state index contributed by atoms with van der Waals surface area (Å²) in [5, 5.41) is 11.3. The average Bonchev–Trinajstić information content (AvgIpc) is 2.51. The zero-order valence-corrected chi connectivity index (χ0v) is 15.9. The summed E-state index contributed by atoms with van der Waals surface area (Å²) in [5.74, 6) is -3.28. The number of alkyl halides is 2. The lowest BCUT2D eigenvalue weighted by atomic mass is 9.67. The highest BCUT2D eigenvalue weighted by Gasteiger charge is 2.59. The van der Waals surface area contributed by atoms with Crippen LogP contribution in [-0.4, -0.2) is 34.7 Å². The molecule has 2 heterocycles. The van der Waals surface area contributed by atoms with E-state index in [1.54, 1.807) is 26.0 Å². The van der Waals surface area contributed by atoms with Gasteiger partial charge in [0.15, 0.2) is 5.84 Å². The third-order valence-electron chi connectivity index (χ3n) is 4.47. The molecule has 0 radical (unpaired) electrons. The van der Waals surface area contributed by atoms with Crippen molar-refractivity contribution in [3.8, 4) is 0 Å². The molecule has 0 amide bonds. The molecule has 1 aromatic carbocycles. The zero-order valence-electron chi connectivity index (χ0n) is 14.4. The molecule has 0 fully saturated rings. The summed E-state index contributed by atoms with van der Waals surface area (Å²) in [6, 6.07) is 4.58. The van der Waals surface area contributed by atoms with E-state index in [9.17, 15) is 5.21 Å². The summed E-state index contributed by atoms with van der Waals surface area (Å²) >= 11 is 12.1. The number of fused-ring (bicyclic) bond motifs is 2. The summed E-state index contributed by atoms with van der Waals surface area (Å²) in [5.41, 5.74) is -1.31. The Morgan fingerprint density at radius 2 is 2.04 bits per heavy atom. The molecule has 0 saturated heterocycles. The van der Waals surface area contributed by atoms with Crippen LogP contribution >= 0.6 is 23.2 Å². The van der Waals surface area contributed by atoms with Crippen LogP contribution in [0.1, 0.15) is 26.3 Å². The lowest BCUT2D eigenvalue weighted by molar-refractivity contribution is -0.0881. The second-order valence-electron chi connectivity index (χ2n) is 6.67. The molecule has 8 heteroatoms. The fourth-order valence-corrected chi connectivity index (χ4v) is 3.59. The zero-order chi connectivity index (χ0) is 19.3. The lowest BCUT2D eigenvalue weighted by Gasteiger charge is -2.45. The average molecular weight is 403 g/mol. The Balaban J connectivity index is 2.35. The first-order valence-corrected chi connectivity index (χ1v) is 8.78. The number of nitrogens with zero attached hydrogens (tertiary/aromatic N) is 2. The van der Waals surface area contributed by atoms with Crippen LogP contribution in [0.3, 0.4) is 0 Å². The minimum absolute atomic E-state index is 0.0156. The van der Waals surface area contributed by atoms with Gasteiger partial charge in [-0.25, -0.2) is 18.8 Å². The quantitative estimate of drug-likeness (QED) is 0.731. The number of allylic oxidation sites excluding steroid dienone is 2. The standard InChI is InChI=1S/C18H18Cl2F2N2O2/c1-10(2)26-9-18(17(3,21)22)13-6-11(19)4-5-15(13)23-16-14(18)7-12(20)8-24(16)25/h4-8,10,25H,9H2,1-3H3/t18-/m1/s1. The van der Waals surface area contributed by atoms with Crippen molar-refractivity contribution in [1.29, 1.82) is 0 Å². The smallest absolute Gasteiger partial charge is 0.261 e. The Morgan fingerprint density at radius 3 is 2.65 bits per heavy atom. The predicted molar refractivity (Wildman–Crippen MR) is 97.6 cm³/mol. The highest BCUT2D eigenvalue weighted by atomic mass is 35.5. The van der Waals surface area contributed by atoms with Gasteiger partial charge in [0, 0.05) is 17.5 Å². The Bertz CT molecular complexity index is 831. The van der Waals surface area contributed by atoms with Gasteiger partial charge in [-0.1, -0.05) is 23.2 Å². The Morgan fingerprint density at radius 1 is 1.35 bits per heavy atom. The number of rotatable bonds is 4. The van der Waals surface area contributed by atoms with E-state index >= 15 is 8.78 Å². The molecule has 0 bridgehead atoms. The van der Waals surface area contributed by atoms with Crippen LogP contribution in [0.4, 0.5) is 14.5 Å². The van der Waals surface area contributed by atoms with Crippen LogP contribution in [0.15, 0.2) is 46.1 Å². The molecule has 2 aliphatic rings. The van der Waals surface area contributed by atoms with Crippen molar-refractivity contribution in [2.75, 3.05) is 6.61 Å². The molecule has 1 atom stereocenters. The molecule has 140 valence electrons. The van der Waals surface area contributed by atoms with Gasteiger partial charge in [0.2, 0.25) is 0 Å². The monoisotopic (exact) mass is 402 g/mol. The molecule has 0 unspecified atom stereocenters. The fourth-order valence-electron chi connectivity index (χ4n) is 3.22. The van der Waals surface area contributed by atoms with Gasteiger partial charge in [-0.3, -0.25) is 5.21 Å². The number of hydrogen-bond donors (Lipinski definition) is 1. The molecule has 1 N–H and O–H groups in total. The summed E-state index contributed by atoms with van der Waals surface area (Å²) < 4.78 is 36.0. The highest BCUT2D eigenvalue weighted by Crippen LogP contribution is 2.53. The van der Waals surface area contributed by atoms with Gasteiger partial charge in [0.1, 0.15) is 5.41 Å². The molecule has 0 spiro atoms. The highest BCUT2D eigenvalue weighted by molar-refractivity contribution is 6.32. The van der Waals surface area contributed by atoms with Crippen LogP contribution < -0.4 is 0 Å². The first-order valence-electron chi connectivity index (χ1n) is 8.02. The number of ether oxygens (including phenoxy) is 1. The van der Waals surface area contributed by atoms with Gasteiger partial charge in [0.25, 0.3) is 5.92 Å². The Kier molecular flexibility index (Phi) is 4.90. The number of aliphatic imine (C=N–C) groups is 1. The number of hydroxylamine groups is 2. The summed E-state index contributed by atoms with van der Waals surface area (Å²) in [6.07, 6.45) is 2.31. The second kappa shape index (κ2) is 6.60. The van der Waals surface area contributed by atoms with E-state index in [-0.39, 0.29) is 34.7 Å². The first kappa shape index (κ1) is 19.3. The van der Waals surface area contributed by atoms with E-state index in [2.05, 4.69) is 4.99 Å².